The summed E-state index contributed by atoms with van der Waals surface area (Å²) in [7, 11) is 1.59. The summed E-state index contributed by atoms with van der Waals surface area (Å²) in [6, 6.07) is 17.0. The SMILES string of the molecule is COCC(=C=CC[C@H](O)c1cccc(OCCO)c1)C[C@H](O)COCc1ccccc1. The topological polar surface area (TPSA) is 88.4 Å². The van der Waals surface area contributed by atoms with Gasteiger partial charge in [-0.25, -0.2) is 0 Å². The first-order valence-corrected chi connectivity index (χ1v) is 10.4. The standard InChI is InChI=1S/C25H32O6/c1-29-17-21(15-23(27)19-30-18-20-7-3-2-4-8-20)9-5-12-25(28)22-10-6-11-24(16-22)31-14-13-26/h2-8,10-11,16,23,25-28H,12-15,17-19H2,1H3/t9?,23-,25-/m0/s1. The fourth-order valence-corrected chi connectivity index (χ4v) is 2.99. The third-order valence-corrected chi connectivity index (χ3v) is 4.47. The van der Waals surface area contributed by atoms with E-state index in [1.165, 1.54) is 0 Å². The molecule has 0 radical (unpaired) electrons. The van der Waals surface area contributed by atoms with Crippen molar-refractivity contribution >= 4 is 0 Å². The molecule has 0 aromatic heterocycles. The predicted molar refractivity (Wildman–Crippen MR) is 119 cm³/mol. The molecule has 0 amide bonds. The predicted octanol–water partition coefficient (Wildman–Crippen LogP) is 3.18. The third kappa shape index (κ3) is 9.94. The second-order valence-corrected chi connectivity index (χ2v) is 7.14. The van der Waals surface area contributed by atoms with E-state index in [1.807, 2.05) is 36.4 Å². The Morgan fingerprint density at radius 3 is 2.65 bits per heavy atom. The van der Waals surface area contributed by atoms with Crippen LogP contribution in [0.25, 0.3) is 0 Å². The van der Waals surface area contributed by atoms with Gasteiger partial charge < -0.3 is 29.5 Å². The molecule has 0 saturated carbocycles. The van der Waals surface area contributed by atoms with Crippen molar-refractivity contribution in [2.24, 2.45) is 0 Å². The van der Waals surface area contributed by atoms with E-state index in [2.05, 4.69) is 5.73 Å². The average molecular weight is 429 g/mol. The lowest BCUT2D eigenvalue weighted by atomic mass is 10.1. The summed E-state index contributed by atoms with van der Waals surface area (Å²) in [4.78, 5) is 0. The van der Waals surface area contributed by atoms with Gasteiger partial charge in [-0.15, -0.1) is 5.73 Å². The zero-order valence-electron chi connectivity index (χ0n) is 17.9. The Hall–Kier alpha value is -2.44. The zero-order valence-corrected chi connectivity index (χ0v) is 17.9. The average Bonchev–Trinajstić information content (AvgIpc) is 2.78. The van der Waals surface area contributed by atoms with E-state index in [0.29, 0.717) is 31.8 Å². The normalized spacial score (nSPS) is 12.6. The molecule has 0 saturated heterocycles. The van der Waals surface area contributed by atoms with Crippen LogP contribution in [0.3, 0.4) is 0 Å². The van der Waals surface area contributed by atoms with E-state index in [4.69, 9.17) is 19.3 Å². The van der Waals surface area contributed by atoms with Crippen molar-refractivity contribution in [3.63, 3.8) is 0 Å². The second-order valence-electron chi connectivity index (χ2n) is 7.14. The molecule has 0 aliphatic heterocycles. The van der Waals surface area contributed by atoms with Crippen LogP contribution in [-0.2, 0) is 16.1 Å². The molecule has 2 atom stereocenters. The molecule has 6 nitrogen and oxygen atoms in total. The molecule has 0 fully saturated rings. The minimum absolute atomic E-state index is 0.0638. The van der Waals surface area contributed by atoms with Crippen LogP contribution in [0.1, 0.15) is 30.1 Å². The molecule has 2 rings (SSSR count). The molecule has 0 bridgehead atoms. The molecular formula is C25H32O6. The quantitative estimate of drug-likeness (QED) is 0.401. The van der Waals surface area contributed by atoms with Gasteiger partial charge in [0.15, 0.2) is 0 Å². The van der Waals surface area contributed by atoms with Crippen LogP contribution in [-0.4, -0.2) is 55.0 Å². The van der Waals surface area contributed by atoms with Crippen LogP contribution >= 0.6 is 0 Å². The highest BCUT2D eigenvalue weighted by molar-refractivity contribution is 5.30. The van der Waals surface area contributed by atoms with Crippen LogP contribution in [0.5, 0.6) is 5.75 Å². The molecule has 3 N–H and O–H groups in total. The highest BCUT2D eigenvalue weighted by Gasteiger charge is 2.09. The lowest BCUT2D eigenvalue weighted by molar-refractivity contribution is 0.0273. The lowest BCUT2D eigenvalue weighted by Crippen LogP contribution is -2.17. The van der Waals surface area contributed by atoms with Gasteiger partial charge in [-0.1, -0.05) is 42.5 Å². The third-order valence-electron chi connectivity index (χ3n) is 4.47. The van der Waals surface area contributed by atoms with Crippen LogP contribution < -0.4 is 4.74 Å². The number of methoxy groups -OCH3 is 1. The Labute approximate surface area is 184 Å². The summed E-state index contributed by atoms with van der Waals surface area (Å²) in [5, 5.41) is 29.6. The highest BCUT2D eigenvalue weighted by atomic mass is 16.5. The van der Waals surface area contributed by atoms with Gasteiger partial charge in [-0.2, -0.15) is 0 Å². The number of hydrogen-bond donors (Lipinski definition) is 3. The highest BCUT2D eigenvalue weighted by Crippen LogP contribution is 2.22. The Morgan fingerprint density at radius 1 is 1.10 bits per heavy atom. The van der Waals surface area contributed by atoms with Gasteiger partial charge >= 0.3 is 0 Å². The first-order chi connectivity index (χ1) is 15.1. The van der Waals surface area contributed by atoms with Gasteiger partial charge in [0, 0.05) is 20.0 Å². The van der Waals surface area contributed by atoms with Gasteiger partial charge in [0.05, 0.1) is 38.6 Å². The Morgan fingerprint density at radius 2 is 1.90 bits per heavy atom. The van der Waals surface area contributed by atoms with Crippen LogP contribution in [0, 0.1) is 0 Å². The molecule has 168 valence electrons. The molecule has 31 heavy (non-hydrogen) atoms. The number of rotatable bonds is 14. The van der Waals surface area contributed by atoms with Crippen LogP contribution in [0.4, 0.5) is 0 Å². The van der Waals surface area contributed by atoms with Gasteiger partial charge in [0.1, 0.15) is 12.4 Å². The lowest BCUT2D eigenvalue weighted by Gasteiger charge is -2.13. The Bertz CT molecular complexity index is 814. The van der Waals surface area contributed by atoms with E-state index < -0.39 is 12.2 Å². The fourth-order valence-electron chi connectivity index (χ4n) is 2.99. The van der Waals surface area contributed by atoms with Crippen molar-refractivity contribution in [2.75, 3.05) is 33.5 Å². The smallest absolute Gasteiger partial charge is 0.119 e. The minimum atomic E-state index is -0.715. The summed E-state index contributed by atoms with van der Waals surface area (Å²) >= 11 is 0. The van der Waals surface area contributed by atoms with Gasteiger partial charge in [0.2, 0.25) is 0 Å². The molecule has 0 unspecified atom stereocenters. The molecule has 0 heterocycles. The molecular weight excluding hydrogens is 396 g/mol. The monoisotopic (exact) mass is 428 g/mol. The maximum Gasteiger partial charge on any atom is 0.119 e. The van der Waals surface area contributed by atoms with E-state index in [0.717, 1.165) is 16.7 Å². The number of hydrogen-bond acceptors (Lipinski definition) is 6. The van der Waals surface area contributed by atoms with Crippen LogP contribution in [0.15, 0.2) is 72.0 Å². The van der Waals surface area contributed by atoms with Crippen molar-refractivity contribution in [1.29, 1.82) is 0 Å². The van der Waals surface area contributed by atoms with Crippen molar-refractivity contribution in [3.05, 3.63) is 83.1 Å². The number of aliphatic hydroxyl groups is 3. The number of benzene rings is 2. The molecule has 6 heteroatoms. The summed E-state index contributed by atoms with van der Waals surface area (Å²) in [6.07, 6.45) is 1.10. The molecule has 2 aromatic carbocycles. The number of aliphatic hydroxyl groups excluding tert-OH is 3. The Kier molecular flexibility index (Phi) is 11.6. The first kappa shape index (κ1) is 24.8. The maximum atomic E-state index is 10.4. The molecule has 0 aliphatic rings. The summed E-state index contributed by atoms with van der Waals surface area (Å²) in [5.41, 5.74) is 5.71. The minimum Gasteiger partial charge on any atom is -0.491 e. The Balaban J connectivity index is 1.86. The molecule has 2 aromatic rings. The van der Waals surface area contributed by atoms with Crippen molar-refractivity contribution in [3.8, 4) is 5.75 Å². The first-order valence-electron chi connectivity index (χ1n) is 10.4. The second kappa shape index (κ2) is 14.5. The maximum absolute atomic E-state index is 10.4. The number of ether oxygens (including phenoxy) is 3. The van der Waals surface area contributed by atoms with E-state index >= 15 is 0 Å². The molecule has 0 aliphatic carbocycles. The van der Waals surface area contributed by atoms with E-state index in [1.54, 1.807) is 31.4 Å². The summed E-state index contributed by atoms with van der Waals surface area (Å²) < 4.78 is 16.2. The summed E-state index contributed by atoms with van der Waals surface area (Å²) in [6.45, 7) is 1.15. The van der Waals surface area contributed by atoms with Crippen molar-refractivity contribution < 1.29 is 29.5 Å². The van der Waals surface area contributed by atoms with Gasteiger partial charge in [0.25, 0.3) is 0 Å². The van der Waals surface area contributed by atoms with Crippen LogP contribution in [0.2, 0.25) is 0 Å². The van der Waals surface area contributed by atoms with Gasteiger partial charge in [-0.3, -0.25) is 0 Å². The molecule has 0 spiro atoms. The van der Waals surface area contributed by atoms with Gasteiger partial charge in [-0.05, 0) is 34.9 Å². The largest absolute Gasteiger partial charge is 0.491 e. The van der Waals surface area contributed by atoms with Crippen molar-refractivity contribution in [1.82, 2.24) is 0 Å². The summed E-state index contributed by atoms with van der Waals surface area (Å²) in [5.74, 6) is 0.601. The van der Waals surface area contributed by atoms with E-state index in [9.17, 15) is 10.2 Å². The fraction of sp³-hybridized carbons (Fsp3) is 0.400. The van der Waals surface area contributed by atoms with Crippen molar-refractivity contribution in [2.45, 2.75) is 31.7 Å². The van der Waals surface area contributed by atoms with E-state index in [-0.39, 0.29) is 19.8 Å². The zero-order chi connectivity index (χ0) is 22.3.